The minimum atomic E-state index is -4.09. The van der Waals surface area contributed by atoms with Crippen LogP contribution in [0.25, 0.3) is 0 Å². The molecule has 1 rings (SSSR count). The first-order valence-electron chi connectivity index (χ1n) is 6.74. The maximum absolute atomic E-state index is 12.0. The van der Waals surface area contributed by atoms with Gasteiger partial charge >= 0.3 is 6.18 Å². The van der Waals surface area contributed by atoms with Crippen LogP contribution in [0.3, 0.4) is 0 Å². The lowest BCUT2D eigenvalue weighted by Crippen LogP contribution is -2.21. The van der Waals surface area contributed by atoms with Crippen LogP contribution in [0.5, 0.6) is 0 Å². The van der Waals surface area contributed by atoms with Gasteiger partial charge in [-0.25, -0.2) is 0 Å². The monoisotopic (exact) mass is 309 g/mol. The maximum atomic E-state index is 12.0. The molecule has 0 saturated carbocycles. The lowest BCUT2D eigenvalue weighted by molar-refractivity contribution is -0.138. The van der Waals surface area contributed by atoms with Crippen LogP contribution in [-0.4, -0.2) is 18.8 Å². The van der Waals surface area contributed by atoms with Gasteiger partial charge in [-0.2, -0.15) is 13.2 Å². The summed E-state index contributed by atoms with van der Waals surface area (Å²) in [6.07, 6.45) is -4.84. The fourth-order valence-corrected chi connectivity index (χ4v) is 2.68. The summed E-state index contributed by atoms with van der Waals surface area (Å²) >= 11 is 1.70. The standard InChI is InChI=1S/C14H22F3NOS/c1-10(2)18-8-13-7-12(11(3)20-13)9-19-6-4-5-14(15,16)17/h7,10,18H,4-6,8-9H2,1-3H3. The van der Waals surface area contributed by atoms with Gasteiger partial charge in [-0.1, -0.05) is 13.8 Å². The molecular weight excluding hydrogens is 287 g/mol. The number of rotatable bonds is 8. The Balaban J connectivity index is 2.30. The molecule has 0 atom stereocenters. The number of halogens is 3. The van der Waals surface area contributed by atoms with E-state index in [-0.39, 0.29) is 13.0 Å². The van der Waals surface area contributed by atoms with Crippen LogP contribution >= 0.6 is 11.3 Å². The Bertz CT molecular complexity index is 402. The molecule has 0 aliphatic heterocycles. The third-order valence-corrected chi connectivity index (χ3v) is 3.86. The Hall–Kier alpha value is -0.590. The molecule has 116 valence electrons. The summed E-state index contributed by atoms with van der Waals surface area (Å²) in [6, 6.07) is 2.50. The number of alkyl halides is 3. The van der Waals surface area contributed by atoms with Gasteiger partial charge in [0.15, 0.2) is 0 Å². The average Bonchev–Trinajstić information content (AvgIpc) is 2.66. The molecule has 0 aliphatic rings. The molecule has 0 unspecified atom stereocenters. The Morgan fingerprint density at radius 3 is 2.65 bits per heavy atom. The van der Waals surface area contributed by atoms with E-state index in [0.717, 1.165) is 12.1 Å². The van der Waals surface area contributed by atoms with Gasteiger partial charge in [0.2, 0.25) is 0 Å². The molecule has 1 aromatic heterocycles. The van der Waals surface area contributed by atoms with Gasteiger partial charge in [0.25, 0.3) is 0 Å². The summed E-state index contributed by atoms with van der Waals surface area (Å²) < 4.78 is 41.2. The van der Waals surface area contributed by atoms with E-state index in [9.17, 15) is 13.2 Å². The van der Waals surface area contributed by atoms with Crippen molar-refractivity contribution in [2.45, 2.75) is 59.0 Å². The van der Waals surface area contributed by atoms with Gasteiger partial charge in [0, 0.05) is 35.4 Å². The highest BCUT2D eigenvalue weighted by atomic mass is 32.1. The molecule has 1 aromatic rings. The fraction of sp³-hybridized carbons (Fsp3) is 0.714. The molecule has 1 heterocycles. The van der Waals surface area contributed by atoms with Crippen molar-refractivity contribution in [3.05, 3.63) is 21.4 Å². The van der Waals surface area contributed by atoms with Crippen molar-refractivity contribution in [3.8, 4) is 0 Å². The molecule has 0 fully saturated rings. The normalized spacial score (nSPS) is 12.3. The predicted octanol–water partition coefficient (Wildman–Crippen LogP) is 4.41. The first-order valence-corrected chi connectivity index (χ1v) is 7.55. The summed E-state index contributed by atoms with van der Waals surface area (Å²) in [7, 11) is 0. The second kappa shape index (κ2) is 8.00. The quantitative estimate of drug-likeness (QED) is 0.718. The Kier molecular flexibility index (Phi) is 6.99. The van der Waals surface area contributed by atoms with Crippen molar-refractivity contribution in [1.82, 2.24) is 5.32 Å². The van der Waals surface area contributed by atoms with Gasteiger partial charge in [-0.3, -0.25) is 0 Å². The number of ether oxygens (including phenoxy) is 1. The zero-order chi connectivity index (χ0) is 15.2. The van der Waals surface area contributed by atoms with E-state index in [1.165, 1.54) is 9.75 Å². The van der Waals surface area contributed by atoms with Crippen molar-refractivity contribution in [2.75, 3.05) is 6.61 Å². The van der Waals surface area contributed by atoms with Crippen molar-refractivity contribution in [1.29, 1.82) is 0 Å². The van der Waals surface area contributed by atoms with Gasteiger partial charge in [-0.05, 0) is 25.0 Å². The third-order valence-electron chi connectivity index (χ3n) is 2.76. The number of hydrogen-bond donors (Lipinski definition) is 1. The molecule has 0 radical (unpaired) electrons. The third kappa shape index (κ3) is 7.26. The predicted molar refractivity (Wildman–Crippen MR) is 76.0 cm³/mol. The first kappa shape index (κ1) is 17.5. The number of hydrogen-bond acceptors (Lipinski definition) is 3. The van der Waals surface area contributed by atoms with E-state index in [4.69, 9.17) is 4.74 Å². The highest BCUT2D eigenvalue weighted by molar-refractivity contribution is 7.12. The van der Waals surface area contributed by atoms with Gasteiger partial charge in [-0.15, -0.1) is 11.3 Å². The molecule has 2 nitrogen and oxygen atoms in total. The van der Waals surface area contributed by atoms with E-state index in [0.29, 0.717) is 12.6 Å². The van der Waals surface area contributed by atoms with Crippen molar-refractivity contribution < 1.29 is 17.9 Å². The summed E-state index contributed by atoms with van der Waals surface area (Å²) in [5.74, 6) is 0. The second-order valence-corrected chi connectivity index (χ2v) is 6.44. The van der Waals surface area contributed by atoms with E-state index in [1.54, 1.807) is 11.3 Å². The SMILES string of the molecule is Cc1sc(CNC(C)C)cc1COCCCC(F)(F)F. The highest BCUT2D eigenvalue weighted by Gasteiger charge is 2.25. The smallest absolute Gasteiger partial charge is 0.377 e. The first-order chi connectivity index (χ1) is 9.28. The number of aryl methyl sites for hydroxylation is 1. The maximum Gasteiger partial charge on any atom is 0.389 e. The van der Waals surface area contributed by atoms with Crippen molar-refractivity contribution in [2.24, 2.45) is 0 Å². The molecule has 0 amide bonds. The van der Waals surface area contributed by atoms with Crippen LogP contribution in [0.2, 0.25) is 0 Å². The van der Waals surface area contributed by atoms with E-state index in [2.05, 4.69) is 25.2 Å². The van der Waals surface area contributed by atoms with Crippen molar-refractivity contribution in [3.63, 3.8) is 0 Å². The minimum Gasteiger partial charge on any atom is -0.377 e. The van der Waals surface area contributed by atoms with E-state index >= 15 is 0 Å². The van der Waals surface area contributed by atoms with Crippen LogP contribution in [0.4, 0.5) is 13.2 Å². The molecule has 0 spiro atoms. The Labute approximate surface area is 122 Å². The van der Waals surface area contributed by atoms with Gasteiger partial charge in [0.1, 0.15) is 0 Å². The molecule has 0 aliphatic carbocycles. The highest BCUT2D eigenvalue weighted by Crippen LogP contribution is 2.23. The van der Waals surface area contributed by atoms with Gasteiger partial charge < -0.3 is 10.1 Å². The molecule has 1 N–H and O–H groups in total. The van der Waals surface area contributed by atoms with E-state index in [1.807, 2.05) is 6.92 Å². The summed E-state index contributed by atoms with van der Waals surface area (Å²) in [4.78, 5) is 2.39. The zero-order valence-electron chi connectivity index (χ0n) is 12.1. The summed E-state index contributed by atoms with van der Waals surface area (Å²) in [5.41, 5.74) is 1.07. The molecule has 0 saturated heterocycles. The lowest BCUT2D eigenvalue weighted by Gasteiger charge is -2.06. The molecule has 6 heteroatoms. The van der Waals surface area contributed by atoms with Gasteiger partial charge in [0.05, 0.1) is 6.61 Å². The Morgan fingerprint density at radius 2 is 2.05 bits per heavy atom. The van der Waals surface area contributed by atoms with Crippen LogP contribution in [-0.2, 0) is 17.9 Å². The molecule has 20 heavy (non-hydrogen) atoms. The average molecular weight is 309 g/mol. The lowest BCUT2D eigenvalue weighted by atomic mass is 10.2. The van der Waals surface area contributed by atoms with Crippen molar-refractivity contribution >= 4 is 11.3 Å². The molecular formula is C14H22F3NOS. The Morgan fingerprint density at radius 1 is 1.35 bits per heavy atom. The number of nitrogens with one attached hydrogen (secondary N) is 1. The molecule has 0 aromatic carbocycles. The van der Waals surface area contributed by atoms with E-state index < -0.39 is 12.6 Å². The van der Waals surface area contributed by atoms with Crippen LogP contribution in [0, 0.1) is 6.92 Å². The van der Waals surface area contributed by atoms with Crippen LogP contribution in [0.15, 0.2) is 6.07 Å². The number of thiophene rings is 1. The summed E-state index contributed by atoms with van der Waals surface area (Å²) in [5, 5.41) is 3.34. The van der Waals surface area contributed by atoms with Crippen LogP contribution in [0.1, 0.15) is 42.0 Å². The second-order valence-electron chi connectivity index (χ2n) is 5.10. The summed E-state index contributed by atoms with van der Waals surface area (Å²) in [6.45, 7) is 7.54. The van der Waals surface area contributed by atoms with Crippen LogP contribution < -0.4 is 5.32 Å². The molecule has 0 bridgehead atoms. The zero-order valence-corrected chi connectivity index (χ0v) is 13.0. The topological polar surface area (TPSA) is 21.3 Å². The fourth-order valence-electron chi connectivity index (χ4n) is 1.68. The minimum absolute atomic E-state index is 0.0223. The largest absolute Gasteiger partial charge is 0.389 e.